The number of hydrazone groups is 1. The number of hydrogen-bond acceptors (Lipinski definition) is 5. The van der Waals surface area contributed by atoms with Gasteiger partial charge >= 0.3 is 0 Å². The molecule has 1 N–H and O–H groups in total. The lowest BCUT2D eigenvalue weighted by Gasteiger charge is -2.12. The molecular weight excluding hydrogens is 400 g/mol. The van der Waals surface area contributed by atoms with Crippen LogP contribution in [0, 0.1) is 0 Å². The van der Waals surface area contributed by atoms with Gasteiger partial charge in [-0.3, -0.25) is 0 Å². The summed E-state index contributed by atoms with van der Waals surface area (Å²) in [5.74, 6) is 2.20. The predicted octanol–water partition coefficient (Wildman–Crippen LogP) is 5.56. The monoisotopic (exact) mass is 426 g/mol. The fourth-order valence-electron chi connectivity index (χ4n) is 3.51. The van der Waals surface area contributed by atoms with Gasteiger partial charge in [0.05, 0.1) is 27.0 Å². The molecule has 0 radical (unpaired) electrons. The summed E-state index contributed by atoms with van der Waals surface area (Å²) in [6, 6.07) is 28.3. The van der Waals surface area contributed by atoms with E-state index in [2.05, 4.69) is 40.9 Å². The molecule has 5 nitrogen and oxygen atoms in total. The molecule has 4 aromatic carbocycles. The number of benzene rings is 4. The van der Waals surface area contributed by atoms with Crippen LogP contribution >= 0.6 is 0 Å². The molecule has 0 bridgehead atoms. The van der Waals surface area contributed by atoms with E-state index < -0.39 is 0 Å². The zero-order chi connectivity index (χ0) is 22.2. The first-order valence-electron chi connectivity index (χ1n) is 10.4. The van der Waals surface area contributed by atoms with Crippen molar-refractivity contribution in [3.8, 4) is 17.2 Å². The van der Waals surface area contributed by atoms with Crippen molar-refractivity contribution in [3.63, 3.8) is 0 Å². The molecule has 0 aliphatic carbocycles. The summed E-state index contributed by atoms with van der Waals surface area (Å²) in [5, 5.41) is 6.71. The molecule has 0 aromatic heterocycles. The van der Waals surface area contributed by atoms with Gasteiger partial charge in [-0.15, -0.1) is 0 Å². The van der Waals surface area contributed by atoms with Gasteiger partial charge in [0.15, 0.2) is 11.5 Å². The summed E-state index contributed by atoms with van der Waals surface area (Å²) < 4.78 is 16.8. The lowest BCUT2D eigenvalue weighted by Crippen LogP contribution is -2.07. The summed E-state index contributed by atoms with van der Waals surface area (Å²) >= 11 is 0. The highest BCUT2D eigenvalue weighted by Gasteiger charge is 2.08. The first-order valence-corrected chi connectivity index (χ1v) is 10.4. The minimum absolute atomic E-state index is 0.499. The van der Waals surface area contributed by atoms with Crippen molar-refractivity contribution in [1.29, 1.82) is 0 Å². The van der Waals surface area contributed by atoms with Crippen LogP contribution < -0.4 is 19.6 Å². The van der Waals surface area contributed by atoms with E-state index >= 15 is 0 Å². The minimum atomic E-state index is 0.499. The Kier molecular flexibility index (Phi) is 6.88. The van der Waals surface area contributed by atoms with Crippen molar-refractivity contribution in [2.75, 3.05) is 14.2 Å². The summed E-state index contributed by atoms with van der Waals surface area (Å²) in [6.07, 6.45) is 1.82. The molecule has 0 amide bonds. The molecule has 0 atom stereocenters. The lowest BCUT2D eigenvalue weighted by molar-refractivity contribution is 0.306. The molecular formula is C27H26N2O3. The Bertz CT molecular complexity index is 1210. The van der Waals surface area contributed by atoms with Gasteiger partial charge in [-0.1, -0.05) is 66.7 Å². The number of nitrogens with one attached hydrogen (secondary N) is 1. The van der Waals surface area contributed by atoms with Crippen LogP contribution in [0.1, 0.15) is 16.7 Å². The molecule has 4 rings (SSSR count). The maximum atomic E-state index is 6.15. The van der Waals surface area contributed by atoms with Crippen LogP contribution in [-0.4, -0.2) is 20.4 Å². The van der Waals surface area contributed by atoms with E-state index in [1.807, 2.05) is 60.8 Å². The Morgan fingerprint density at radius 2 is 1.50 bits per heavy atom. The van der Waals surface area contributed by atoms with Crippen molar-refractivity contribution < 1.29 is 14.2 Å². The Hall–Kier alpha value is -3.99. The molecule has 0 spiro atoms. The maximum Gasteiger partial charge on any atom is 0.161 e. The van der Waals surface area contributed by atoms with Gasteiger partial charge in [0.1, 0.15) is 12.4 Å². The first kappa shape index (κ1) is 21.2. The molecule has 0 saturated heterocycles. The Morgan fingerprint density at radius 3 is 2.31 bits per heavy atom. The van der Waals surface area contributed by atoms with Crippen molar-refractivity contribution in [3.05, 3.63) is 102 Å². The van der Waals surface area contributed by atoms with E-state index in [4.69, 9.17) is 14.2 Å². The van der Waals surface area contributed by atoms with Crippen LogP contribution in [0.3, 0.4) is 0 Å². The van der Waals surface area contributed by atoms with E-state index in [0.717, 1.165) is 33.2 Å². The lowest BCUT2D eigenvalue weighted by atomic mass is 10.0. The second-order valence-electron chi connectivity index (χ2n) is 7.26. The summed E-state index contributed by atoms with van der Waals surface area (Å²) in [4.78, 5) is 0. The number of methoxy groups -OCH3 is 2. The van der Waals surface area contributed by atoms with E-state index in [1.54, 1.807) is 14.2 Å². The highest BCUT2D eigenvalue weighted by molar-refractivity contribution is 6.02. The Morgan fingerprint density at radius 1 is 0.750 bits per heavy atom. The van der Waals surface area contributed by atoms with Crippen LogP contribution in [0.2, 0.25) is 0 Å². The van der Waals surface area contributed by atoms with Crippen LogP contribution in [0.4, 0.5) is 0 Å². The summed E-state index contributed by atoms with van der Waals surface area (Å²) in [5.41, 5.74) is 6.23. The zero-order valence-corrected chi connectivity index (χ0v) is 18.2. The second kappa shape index (κ2) is 10.4. The third-order valence-electron chi connectivity index (χ3n) is 5.18. The number of nitrogens with zero attached hydrogens (tertiary/aromatic N) is 1. The normalized spacial score (nSPS) is 10.9. The first-order chi connectivity index (χ1) is 15.8. The van der Waals surface area contributed by atoms with Gasteiger partial charge in [0, 0.05) is 5.56 Å². The molecule has 162 valence electrons. The van der Waals surface area contributed by atoms with E-state index in [-0.39, 0.29) is 0 Å². The third kappa shape index (κ3) is 5.01. The van der Waals surface area contributed by atoms with Gasteiger partial charge in [0.2, 0.25) is 0 Å². The van der Waals surface area contributed by atoms with Gasteiger partial charge in [0.25, 0.3) is 0 Å². The van der Waals surface area contributed by atoms with Crippen molar-refractivity contribution in [2.24, 2.45) is 5.10 Å². The number of hydrogen-bond donors (Lipinski definition) is 1. The topological polar surface area (TPSA) is 52.1 Å². The average Bonchev–Trinajstić information content (AvgIpc) is 2.86. The average molecular weight is 427 g/mol. The number of fused-ring (bicyclic) bond motifs is 1. The van der Waals surface area contributed by atoms with Crippen molar-refractivity contribution in [2.45, 2.75) is 13.2 Å². The molecule has 32 heavy (non-hydrogen) atoms. The molecule has 0 saturated carbocycles. The molecule has 0 aliphatic heterocycles. The molecule has 0 aliphatic rings. The van der Waals surface area contributed by atoms with Gasteiger partial charge in [-0.05, 0) is 40.1 Å². The van der Waals surface area contributed by atoms with Crippen LogP contribution in [0.15, 0.2) is 90.0 Å². The van der Waals surface area contributed by atoms with E-state index in [9.17, 15) is 0 Å². The predicted molar refractivity (Wildman–Crippen MR) is 129 cm³/mol. The standard InChI is InChI=1S/C27H26N2O3/c1-30-26-14-12-21(16-27(26)31-2)17-28-29-18-24-23-11-7-6-10-22(23)13-15-25(24)32-19-20-8-4-3-5-9-20/h3-16,18,28H,17,19H2,1-2H3/b29-18-. The Balaban J connectivity index is 1.52. The summed E-state index contributed by atoms with van der Waals surface area (Å²) in [6.45, 7) is 1.06. The van der Waals surface area contributed by atoms with E-state index in [1.165, 1.54) is 0 Å². The highest BCUT2D eigenvalue weighted by Crippen LogP contribution is 2.28. The van der Waals surface area contributed by atoms with Crippen molar-refractivity contribution >= 4 is 17.0 Å². The van der Waals surface area contributed by atoms with Crippen LogP contribution in [0.25, 0.3) is 10.8 Å². The number of ether oxygens (including phenoxy) is 3. The fourth-order valence-corrected chi connectivity index (χ4v) is 3.51. The summed E-state index contributed by atoms with van der Waals surface area (Å²) in [7, 11) is 3.26. The largest absolute Gasteiger partial charge is 0.493 e. The Labute approximate surface area is 188 Å². The highest BCUT2D eigenvalue weighted by atomic mass is 16.5. The second-order valence-corrected chi connectivity index (χ2v) is 7.26. The molecule has 5 heteroatoms. The van der Waals surface area contributed by atoms with Gasteiger partial charge < -0.3 is 19.6 Å². The van der Waals surface area contributed by atoms with Crippen LogP contribution in [-0.2, 0) is 13.2 Å². The molecule has 0 fully saturated rings. The quantitative estimate of drug-likeness (QED) is 0.281. The molecule has 0 unspecified atom stereocenters. The smallest absolute Gasteiger partial charge is 0.161 e. The SMILES string of the molecule is COc1ccc(CN/N=C\c2c(OCc3ccccc3)ccc3ccccc23)cc1OC. The fraction of sp³-hybridized carbons (Fsp3) is 0.148. The molecule has 4 aromatic rings. The van der Waals surface area contributed by atoms with Gasteiger partial charge in [-0.25, -0.2) is 0 Å². The maximum absolute atomic E-state index is 6.15. The number of rotatable bonds is 9. The van der Waals surface area contributed by atoms with Crippen LogP contribution in [0.5, 0.6) is 17.2 Å². The minimum Gasteiger partial charge on any atom is -0.493 e. The van der Waals surface area contributed by atoms with Crippen molar-refractivity contribution in [1.82, 2.24) is 5.43 Å². The van der Waals surface area contributed by atoms with E-state index in [0.29, 0.717) is 24.7 Å². The zero-order valence-electron chi connectivity index (χ0n) is 18.2. The third-order valence-corrected chi connectivity index (χ3v) is 5.18. The molecule has 0 heterocycles. The van der Waals surface area contributed by atoms with Gasteiger partial charge in [-0.2, -0.15) is 5.10 Å².